The second-order valence-corrected chi connectivity index (χ2v) is 21.0. The van der Waals surface area contributed by atoms with Gasteiger partial charge in [-0.05, 0) is 63.9 Å². The summed E-state index contributed by atoms with van der Waals surface area (Å²) in [6, 6.07) is 7.98. The first-order valence-electron chi connectivity index (χ1n) is 20.6. The Kier molecular flexibility index (Phi) is 20.0. The van der Waals surface area contributed by atoms with E-state index in [-0.39, 0.29) is 45.1 Å². The highest BCUT2D eigenvalue weighted by Crippen LogP contribution is 2.43. The van der Waals surface area contributed by atoms with E-state index in [0.717, 1.165) is 25.7 Å². The van der Waals surface area contributed by atoms with Gasteiger partial charge >= 0.3 is 0 Å². The fourth-order valence-electron chi connectivity index (χ4n) is 5.57. The molecule has 0 bridgehead atoms. The molecule has 3 aliphatic rings. The fourth-order valence-corrected chi connectivity index (χ4v) is 5.57. The number of Topliss-reactive ketones (excluding diaryl/α,β-unsaturated/α-hetero) is 4. The van der Waals surface area contributed by atoms with Crippen LogP contribution in [0.4, 0.5) is 0 Å². The van der Waals surface area contributed by atoms with Crippen LogP contribution in [0.15, 0.2) is 46.6 Å². The molecule has 1 aliphatic heterocycles. The number of carbonyl (C=O) groups is 4. The highest BCUT2D eigenvalue weighted by molar-refractivity contribution is 6.04. The molecule has 324 valence electrons. The van der Waals surface area contributed by atoms with Gasteiger partial charge in [-0.2, -0.15) is 21.0 Å². The third-order valence-electron chi connectivity index (χ3n) is 9.56. The summed E-state index contributed by atoms with van der Waals surface area (Å²) in [7, 11) is 0. The molecule has 1 saturated heterocycles. The highest BCUT2D eigenvalue weighted by atomic mass is 16.5. The minimum absolute atomic E-state index is 0.0399. The van der Waals surface area contributed by atoms with E-state index in [0.29, 0.717) is 36.9 Å². The second kappa shape index (κ2) is 21.7. The Morgan fingerprint density at radius 2 is 0.932 bits per heavy atom. The molecular formula is C49H72N4O6. The summed E-state index contributed by atoms with van der Waals surface area (Å²) in [6.07, 6.45) is 12.7. The maximum absolute atomic E-state index is 11.9. The van der Waals surface area contributed by atoms with Crippen molar-refractivity contribution in [2.75, 3.05) is 19.8 Å². The minimum atomic E-state index is -0.583. The van der Waals surface area contributed by atoms with Crippen LogP contribution in [0.25, 0.3) is 0 Å². The Labute approximate surface area is 356 Å². The first kappa shape index (κ1) is 54.5. The maximum atomic E-state index is 11.9. The third-order valence-corrected chi connectivity index (χ3v) is 9.56. The molecule has 0 spiro atoms. The fraction of sp³-hybridized carbons (Fsp3) is 0.673. The van der Waals surface area contributed by atoms with Crippen LogP contribution in [-0.2, 0) is 28.7 Å². The molecule has 10 nitrogen and oxygen atoms in total. The van der Waals surface area contributed by atoms with Crippen molar-refractivity contribution in [3.05, 3.63) is 46.6 Å². The molecule has 0 radical (unpaired) electrons. The zero-order valence-electron chi connectivity index (χ0n) is 39.3. The summed E-state index contributed by atoms with van der Waals surface area (Å²) in [4.78, 5) is 47.4. The van der Waals surface area contributed by atoms with Crippen LogP contribution in [0.2, 0.25) is 0 Å². The van der Waals surface area contributed by atoms with Gasteiger partial charge in [-0.1, -0.05) is 122 Å². The largest absolute Gasteiger partial charge is 0.379 e. The van der Waals surface area contributed by atoms with Gasteiger partial charge in [0.25, 0.3) is 0 Å². The molecule has 0 aromatic carbocycles. The van der Waals surface area contributed by atoms with Crippen molar-refractivity contribution in [2.24, 2.45) is 38.4 Å². The zero-order valence-corrected chi connectivity index (χ0v) is 39.3. The molecule has 3 rings (SSSR count). The maximum Gasteiger partial charge on any atom is 0.178 e. The number of nitrogens with zero attached hydrogens (tertiary/aromatic N) is 4. The van der Waals surface area contributed by atoms with Gasteiger partial charge in [0.2, 0.25) is 0 Å². The Hall–Kier alpha value is -4.48. The number of hydrogen-bond donors (Lipinski definition) is 0. The first-order valence-corrected chi connectivity index (χ1v) is 20.6. The molecular weight excluding hydrogens is 741 g/mol. The average molecular weight is 813 g/mol. The summed E-state index contributed by atoms with van der Waals surface area (Å²) in [5.74, 6) is 0.155. The van der Waals surface area contributed by atoms with Crippen LogP contribution in [0.1, 0.15) is 150 Å². The van der Waals surface area contributed by atoms with E-state index in [1.165, 1.54) is 6.42 Å². The highest BCUT2D eigenvalue weighted by Gasteiger charge is 2.35. The zero-order chi connectivity index (χ0) is 46.4. The molecule has 0 atom stereocenters. The quantitative estimate of drug-likeness (QED) is 0.152. The number of carbonyl (C=O) groups excluding carboxylic acids is 4. The van der Waals surface area contributed by atoms with Crippen LogP contribution < -0.4 is 0 Å². The lowest BCUT2D eigenvalue weighted by Gasteiger charge is -2.35. The molecule has 0 amide bonds. The van der Waals surface area contributed by atoms with Gasteiger partial charge in [0.1, 0.15) is 24.3 Å². The summed E-state index contributed by atoms with van der Waals surface area (Å²) >= 11 is 0. The van der Waals surface area contributed by atoms with Crippen LogP contribution in [0.3, 0.4) is 0 Å². The Morgan fingerprint density at radius 1 is 0.593 bits per heavy atom. The van der Waals surface area contributed by atoms with Gasteiger partial charge in [-0.3, -0.25) is 19.2 Å². The monoisotopic (exact) mass is 813 g/mol. The molecule has 0 N–H and O–H groups in total. The van der Waals surface area contributed by atoms with E-state index in [1.807, 2.05) is 126 Å². The molecule has 2 aliphatic carbocycles. The predicted molar refractivity (Wildman–Crippen MR) is 232 cm³/mol. The average Bonchev–Trinajstić information content (AvgIpc) is 3.91. The summed E-state index contributed by atoms with van der Waals surface area (Å²) in [5, 5.41) is 35.8. The first-order chi connectivity index (χ1) is 26.7. The van der Waals surface area contributed by atoms with E-state index in [4.69, 9.17) is 30.5 Å². The number of allylic oxidation sites excluding steroid dienone is 6. The molecule has 0 aromatic heterocycles. The number of nitriles is 4. The number of ketones is 4. The van der Waals surface area contributed by atoms with Crippen molar-refractivity contribution in [3.63, 3.8) is 0 Å². The van der Waals surface area contributed by atoms with E-state index in [9.17, 15) is 19.2 Å². The third kappa shape index (κ3) is 19.4. The van der Waals surface area contributed by atoms with Gasteiger partial charge in [-0.25, -0.2) is 0 Å². The number of rotatable bonds is 10. The SMILES string of the molecule is CC(C)(C)C(=O)/C(C#N)=C/C1CC1.CC1(/C=C(\C#N)C(=O)C(C)(C)C)CCC1.CC1(/C=C(\C#N)C(=O)C(C)(C)C)COC1.CCOC(C)(C)/C=C(\C#N)C(=O)C(C)(C)C. The molecule has 0 aromatic rings. The summed E-state index contributed by atoms with van der Waals surface area (Å²) in [5.41, 5.74) is -1.44. The van der Waals surface area contributed by atoms with E-state index in [1.54, 1.807) is 32.9 Å². The van der Waals surface area contributed by atoms with Gasteiger partial charge in [0.05, 0.1) is 41.1 Å². The van der Waals surface area contributed by atoms with Crippen molar-refractivity contribution >= 4 is 23.1 Å². The Bertz CT molecular complexity index is 1750. The lowest BCUT2D eigenvalue weighted by Crippen LogP contribution is -2.38. The number of hydrogen-bond acceptors (Lipinski definition) is 10. The van der Waals surface area contributed by atoms with Gasteiger partial charge in [-0.15, -0.1) is 0 Å². The smallest absolute Gasteiger partial charge is 0.178 e. The Balaban J connectivity index is 0.000000762. The van der Waals surface area contributed by atoms with Crippen LogP contribution in [0.5, 0.6) is 0 Å². The lowest BCUT2D eigenvalue weighted by atomic mass is 9.69. The van der Waals surface area contributed by atoms with Crippen LogP contribution in [-0.4, -0.2) is 48.6 Å². The number of ether oxygens (including phenoxy) is 2. The minimum Gasteiger partial charge on any atom is -0.379 e. The molecule has 1 heterocycles. The second-order valence-electron chi connectivity index (χ2n) is 21.0. The lowest BCUT2D eigenvalue weighted by molar-refractivity contribution is -0.123. The van der Waals surface area contributed by atoms with E-state index < -0.39 is 27.3 Å². The summed E-state index contributed by atoms with van der Waals surface area (Å²) in [6.45, 7) is 33.3. The van der Waals surface area contributed by atoms with Gasteiger partial charge in [0.15, 0.2) is 23.1 Å². The molecule has 2 saturated carbocycles. The predicted octanol–water partition coefficient (Wildman–Crippen LogP) is 10.7. The molecule has 10 heteroatoms. The molecule has 0 unspecified atom stereocenters. The van der Waals surface area contributed by atoms with Crippen molar-refractivity contribution in [3.8, 4) is 24.3 Å². The van der Waals surface area contributed by atoms with E-state index in [2.05, 4.69) is 6.92 Å². The normalized spacial score (nSPS) is 18.0. The van der Waals surface area contributed by atoms with Gasteiger partial charge in [0, 0.05) is 33.7 Å². The Morgan fingerprint density at radius 3 is 1.19 bits per heavy atom. The van der Waals surface area contributed by atoms with Crippen LogP contribution in [0, 0.1) is 83.7 Å². The summed E-state index contributed by atoms with van der Waals surface area (Å²) < 4.78 is 10.5. The molecule has 3 fully saturated rings. The van der Waals surface area contributed by atoms with Gasteiger partial charge < -0.3 is 9.47 Å². The van der Waals surface area contributed by atoms with Crippen molar-refractivity contribution in [2.45, 2.75) is 155 Å². The van der Waals surface area contributed by atoms with Crippen molar-refractivity contribution in [1.82, 2.24) is 0 Å². The van der Waals surface area contributed by atoms with Crippen molar-refractivity contribution in [1.29, 1.82) is 21.0 Å². The standard InChI is InChI=1S/C13H21NO2.C13H19NO.C12H17NO2.C11H15NO/c1-7-16-13(5,6)8-10(9-14)11(15)12(2,3)4;1-12(2,3)11(15)10(9-14)8-13(4)6-5-7-13;1-11(2,3)10(14)9(6-13)5-12(4)7-15-8-12;1-11(2,3)10(13)9(7-12)6-8-4-5-8/h8H,7H2,1-6H3;8H,5-7H2,1-4H3;5H,7-8H2,1-4H3;6,8H,4-5H2,1-3H3/b2*10-8+;9-5+;9-6+. The van der Waals surface area contributed by atoms with E-state index >= 15 is 0 Å². The molecule has 59 heavy (non-hydrogen) atoms. The topological polar surface area (TPSA) is 182 Å². The van der Waals surface area contributed by atoms with Crippen molar-refractivity contribution < 1.29 is 28.7 Å². The van der Waals surface area contributed by atoms with Crippen LogP contribution >= 0.6 is 0 Å².